The Bertz CT molecular complexity index is 249. The van der Waals surface area contributed by atoms with Crippen molar-refractivity contribution in [2.45, 2.75) is 32.7 Å². The molecule has 0 amide bonds. The van der Waals surface area contributed by atoms with Gasteiger partial charge in [-0.25, -0.2) is 0 Å². The Balaban J connectivity index is 1.98. The van der Waals surface area contributed by atoms with Gasteiger partial charge in [0.15, 0.2) is 0 Å². The number of aromatic nitrogens is 1. The quantitative estimate of drug-likeness (QED) is 0.698. The molecule has 15 heavy (non-hydrogen) atoms. The molecule has 1 aromatic rings. The molecule has 3 heteroatoms. The van der Waals surface area contributed by atoms with Gasteiger partial charge in [0, 0.05) is 12.2 Å². The Labute approximate surface area is 91.9 Å². The minimum atomic E-state index is 0.573. The van der Waals surface area contributed by atoms with Gasteiger partial charge in [0.05, 0.1) is 12.8 Å². The molecule has 0 fully saturated rings. The van der Waals surface area contributed by atoms with Crippen LogP contribution in [0.25, 0.3) is 0 Å². The second kappa shape index (κ2) is 7.23. The fourth-order valence-corrected chi connectivity index (χ4v) is 1.24. The molecule has 0 aliphatic carbocycles. The molecule has 3 nitrogen and oxygen atoms in total. The summed E-state index contributed by atoms with van der Waals surface area (Å²) in [6, 6.07) is 4.39. The van der Waals surface area contributed by atoms with E-state index in [1.807, 2.05) is 12.1 Å². The van der Waals surface area contributed by atoms with Crippen molar-refractivity contribution in [3.63, 3.8) is 0 Å². The average molecular weight is 208 g/mol. The summed E-state index contributed by atoms with van der Waals surface area (Å²) in [6.45, 7) is 6.15. The highest BCUT2D eigenvalue weighted by atomic mass is 16.5. The van der Waals surface area contributed by atoms with E-state index in [1.54, 1.807) is 12.4 Å². The first-order valence-electron chi connectivity index (χ1n) is 5.55. The monoisotopic (exact) mass is 208 g/mol. The van der Waals surface area contributed by atoms with Gasteiger partial charge < -0.3 is 10.1 Å². The lowest BCUT2D eigenvalue weighted by Gasteiger charge is -2.08. The van der Waals surface area contributed by atoms with E-state index in [-0.39, 0.29) is 0 Å². The predicted octanol–water partition coefficient (Wildman–Crippen LogP) is 2.24. The topological polar surface area (TPSA) is 34.1 Å². The Kier molecular flexibility index (Phi) is 5.78. The summed E-state index contributed by atoms with van der Waals surface area (Å²) in [4.78, 5) is 3.99. The van der Waals surface area contributed by atoms with Crippen LogP contribution in [0.1, 0.15) is 26.7 Å². The van der Waals surface area contributed by atoms with Crippen molar-refractivity contribution in [1.82, 2.24) is 10.3 Å². The first-order valence-corrected chi connectivity index (χ1v) is 5.55. The van der Waals surface area contributed by atoms with Gasteiger partial charge in [0.25, 0.3) is 0 Å². The third-order valence-electron chi connectivity index (χ3n) is 2.03. The second-order valence-electron chi connectivity index (χ2n) is 3.85. The molecule has 0 bridgehead atoms. The van der Waals surface area contributed by atoms with Gasteiger partial charge in [-0.1, -0.05) is 13.8 Å². The van der Waals surface area contributed by atoms with Crippen LogP contribution in [-0.2, 0) is 0 Å². The van der Waals surface area contributed by atoms with Gasteiger partial charge in [0.2, 0.25) is 0 Å². The van der Waals surface area contributed by atoms with Gasteiger partial charge in [-0.3, -0.25) is 4.98 Å². The van der Waals surface area contributed by atoms with E-state index in [0.29, 0.717) is 6.04 Å². The first kappa shape index (κ1) is 12.0. The zero-order chi connectivity index (χ0) is 10.9. The predicted molar refractivity (Wildman–Crippen MR) is 62.1 cm³/mol. The first-order chi connectivity index (χ1) is 7.29. The van der Waals surface area contributed by atoms with Crippen LogP contribution in [0.15, 0.2) is 24.5 Å². The molecule has 0 unspecified atom stereocenters. The maximum atomic E-state index is 5.52. The molecule has 1 N–H and O–H groups in total. The molecule has 0 saturated carbocycles. The molecule has 0 radical (unpaired) electrons. The third-order valence-corrected chi connectivity index (χ3v) is 2.03. The lowest BCUT2D eigenvalue weighted by Crippen LogP contribution is -2.23. The minimum Gasteiger partial charge on any atom is -0.492 e. The summed E-state index contributed by atoms with van der Waals surface area (Å²) < 4.78 is 5.52. The van der Waals surface area contributed by atoms with E-state index < -0.39 is 0 Å². The van der Waals surface area contributed by atoms with E-state index in [0.717, 1.165) is 31.7 Å². The molecule has 84 valence electrons. The molecule has 0 aromatic carbocycles. The summed E-state index contributed by atoms with van der Waals surface area (Å²) in [5.41, 5.74) is 0. The zero-order valence-electron chi connectivity index (χ0n) is 9.57. The standard InChI is InChI=1S/C12H20N2O/c1-11(2)14-8-3-4-9-15-12-6-5-7-13-10-12/h5-7,10-11,14H,3-4,8-9H2,1-2H3. The Hall–Kier alpha value is -1.09. The van der Waals surface area contributed by atoms with Crippen molar-refractivity contribution in [3.8, 4) is 5.75 Å². The number of hydrogen-bond acceptors (Lipinski definition) is 3. The summed E-state index contributed by atoms with van der Waals surface area (Å²) in [7, 11) is 0. The number of ether oxygens (including phenoxy) is 1. The van der Waals surface area contributed by atoms with Crippen molar-refractivity contribution >= 4 is 0 Å². The summed E-state index contributed by atoms with van der Waals surface area (Å²) in [6.07, 6.45) is 5.72. The highest BCUT2D eigenvalue weighted by Crippen LogP contribution is 2.06. The van der Waals surface area contributed by atoms with Gasteiger partial charge in [-0.2, -0.15) is 0 Å². The van der Waals surface area contributed by atoms with Gasteiger partial charge in [0.1, 0.15) is 5.75 Å². The number of nitrogens with one attached hydrogen (secondary N) is 1. The van der Waals surface area contributed by atoms with E-state index in [9.17, 15) is 0 Å². The maximum absolute atomic E-state index is 5.52. The smallest absolute Gasteiger partial charge is 0.137 e. The average Bonchev–Trinajstić information content (AvgIpc) is 2.24. The number of unbranched alkanes of at least 4 members (excludes halogenated alkanes) is 1. The lowest BCUT2D eigenvalue weighted by molar-refractivity contribution is 0.304. The van der Waals surface area contributed by atoms with Crippen LogP contribution in [-0.4, -0.2) is 24.2 Å². The van der Waals surface area contributed by atoms with Crippen LogP contribution in [0.4, 0.5) is 0 Å². The molecule has 1 aromatic heterocycles. The Morgan fingerprint density at radius 2 is 2.27 bits per heavy atom. The van der Waals surface area contributed by atoms with Crippen LogP contribution < -0.4 is 10.1 Å². The van der Waals surface area contributed by atoms with Crippen molar-refractivity contribution in [2.75, 3.05) is 13.2 Å². The molecule has 1 heterocycles. The molecule has 0 saturated heterocycles. The van der Waals surface area contributed by atoms with Crippen LogP contribution >= 0.6 is 0 Å². The van der Waals surface area contributed by atoms with Crippen LogP contribution in [0.5, 0.6) is 5.75 Å². The molecular formula is C12H20N2O. The van der Waals surface area contributed by atoms with Crippen molar-refractivity contribution in [1.29, 1.82) is 0 Å². The van der Waals surface area contributed by atoms with Crippen LogP contribution in [0.2, 0.25) is 0 Å². The van der Waals surface area contributed by atoms with E-state index >= 15 is 0 Å². The minimum absolute atomic E-state index is 0.573. The third kappa shape index (κ3) is 6.07. The van der Waals surface area contributed by atoms with Gasteiger partial charge in [-0.15, -0.1) is 0 Å². The lowest BCUT2D eigenvalue weighted by atomic mass is 10.3. The number of nitrogens with zero attached hydrogens (tertiary/aromatic N) is 1. The Morgan fingerprint density at radius 3 is 2.93 bits per heavy atom. The molecular weight excluding hydrogens is 188 g/mol. The SMILES string of the molecule is CC(C)NCCCCOc1cccnc1. The highest BCUT2D eigenvalue weighted by Gasteiger charge is 1.94. The normalized spacial score (nSPS) is 10.6. The number of rotatable bonds is 7. The van der Waals surface area contributed by atoms with E-state index in [2.05, 4.69) is 24.1 Å². The number of pyridine rings is 1. The highest BCUT2D eigenvalue weighted by molar-refractivity contribution is 5.15. The van der Waals surface area contributed by atoms with Crippen LogP contribution in [0.3, 0.4) is 0 Å². The molecule has 0 atom stereocenters. The number of hydrogen-bond donors (Lipinski definition) is 1. The fraction of sp³-hybridized carbons (Fsp3) is 0.583. The van der Waals surface area contributed by atoms with E-state index in [4.69, 9.17) is 4.74 Å². The molecule has 0 aliphatic heterocycles. The molecule has 0 spiro atoms. The van der Waals surface area contributed by atoms with E-state index in [1.165, 1.54) is 0 Å². The van der Waals surface area contributed by atoms with Crippen molar-refractivity contribution < 1.29 is 4.74 Å². The summed E-state index contributed by atoms with van der Waals surface area (Å²) in [5.74, 6) is 0.856. The second-order valence-corrected chi connectivity index (χ2v) is 3.85. The van der Waals surface area contributed by atoms with Crippen molar-refractivity contribution in [3.05, 3.63) is 24.5 Å². The largest absolute Gasteiger partial charge is 0.492 e. The fourth-order valence-electron chi connectivity index (χ4n) is 1.24. The van der Waals surface area contributed by atoms with Crippen LogP contribution in [0, 0.1) is 0 Å². The summed E-state index contributed by atoms with van der Waals surface area (Å²) in [5, 5.41) is 3.38. The zero-order valence-corrected chi connectivity index (χ0v) is 9.57. The molecule has 0 aliphatic rings. The van der Waals surface area contributed by atoms with Gasteiger partial charge >= 0.3 is 0 Å². The Morgan fingerprint density at radius 1 is 1.40 bits per heavy atom. The maximum Gasteiger partial charge on any atom is 0.137 e. The molecule has 1 rings (SSSR count). The summed E-state index contributed by atoms with van der Waals surface area (Å²) >= 11 is 0. The van der Waals surface area contributed by atoms with Crippen molar-refractivity contribution in [2.24, 2.45) is 0 Å². The van der Waals surface area contributed by atoms with Gasteiger partial charge in [-0.05, 0) is 31.5 Å².